The van der Waals surface area contributed by atoms with Crippen molar-refractivity contribution in [2.24, 2.45) is 5.73 Å². The maximum Gasteiger partial charge on any atom is 0.123 e. The highest BCUT2D eigenvalue weighted by Crippen LogP contribution is 2.15. The normalized spacial score (nSPS) is 18.2. The lowest BCUT2D eigenvalue weighted by Gasteiger charge is -2.21. The molecule has 1 aromatic rings. The van der Waals surface area contributed by atoms with Crippen molar-refractivity contribution in [1.82, 2.24) is 9.80 Å². The molecule has 5 heteroatoms. The Hall–Kier alpha value is -1.04. The van der Waals surface area contributed by atoms with Crippen LogP contribution in [0.4, 0.5) is 4.39 Å². The van der Waals surface area contributed by atoms with Crippen molar-refractivity contribution in [2.75, 3.05) is 33.2 Å². The zero-order valence-electron chi connectivity index (χ0n) is 11.2. The van der Waals surface area contributed by atoms with Gasteiger partial charge in [0.25, 0.3) is 0 Å². The van der Waals surface area contributed by atoms with Crippen LogP contribution in [0.5, 0.6) is 0 Å². The fraction of sp³-hybridized carbons (Fsp3) is 0.500. The van der Waals surface area contributed by atoms with Crippen molar-refractivity contribution in [2.45, 2.75) is 13.0 Å². The summed E-state index contributed by atoms with van der Waals surface area (Å²) in [7, 11) is 2.14. The Bertz CT molecular complexity index is 464. The number of nitrogens with zero attached hydrogens (tertiary/aromatic N) is 2. The smallest absolute Gasteiger partial charge is 0.123 e. The van der Waals surface area contributed by atoms with Crippen LogP contribution in [0.2, 0.25) is 0 Å². The number of hydrogen-bond donors (Lipinski definition) is 1. The van der Waals surface area contributed by atoms with Crippen LogP contribution in [0.25, 0.3) is 0 Å². The summed E-state index contributed by atoms with van der Waals surface area (Å²) >= 11 is 5.01. The van der Waals surface area contributed by atoms with Gasteiger partial charge < -0.3 is 10.6 Å². The molecule has 0 aromatic heterocycles. The highest BCUT2D eigenvalue weighted by atomic mass is 32.1. The van der Waals surface area contributed by atoms with E-state index in [1.165, 1.54) is 12.1 Å². The molecular weight excluding hydrogens is 261 g/mol. The topological polar surface area (TPSA) is 32.5 Å². The Morgan fingerprint density at radius 1 is 1.32 bits per heavy atom. The van der Waals surface area contributed by atoms with E-state index in [0.717, 1.165) is 44.7 Å². The van der Waals surface area contributed by atoms with E-state index in [1.54, 1.807) is 6.07 Å². The van der Waals surface area contributed by atoms with Crippen molar-refractivity contribution in [3.8, 4) is 0 Å². The van der Waals surface area contributed by atoms with Gasteiger partial charge >= 0.3 is 0 Å². The first-order valence-electron chi connectivity index (χ1n) is 6.55. The predicted octanol–water partition coefficient (Wildman–Crippen LogP) is 1.60. The SMILES string of the molecule is CN1CCCN(Cc2ccc(F)cc2C(N)=S)CC1. The third kappa shape index (κ3) is 3.96. The molecule has 0 spiro atoms. The molecule has 1 aromatic carbocycles. The lowest BCUT2D eigenvalue weighted by molar-refractivity contribution is 0.269. The largest absolute Gasteiger partial charge is 0.389 e. The van der Waals surface area contributed by atoms with E-state index in [2.05, 4.69) is 16.8 Å². The first-order chi connectivity index (χ1) is 9.06. The lowest BCUT2D eigenvalue weighted by atomic mass is 10.1. The Balaban J connectivity index is 2.12. The standard InChI is InChI=1S/C14H20FN3S/c1-17-5-2-6-18(8-7-17)10-11-3-4-12(15)9-13(11)14(16)19/h3-4,9H,2,5-8,10H2,1H3,(H2,16,19). The lowest BCUT2D eigenvalue weighted by Crippen LogP contribution is -2.29. The summed E-state index contributed by atoms with van der Waals surface area (Å²) in [5, 5.41) is 0. The maximum absolute atomic E-state index is 13.3. The highest BCUT2D eigenvalue weighted by Gasteiger charge is 2.15. The summed E-state index contributed by atoms with van der Waals surface area (Å²) in [6.07, 6.45) is 1.15. The van der Waals surface area contributed by atoms with Crippen molar-refractivity contribution in [3.63, 3.8) is 0 Å². The van der Waals surface area contributed by atoms with Gasteiger partial charge in [-0.25, -0.2) is 4.39 Å². The van der Waals surface area contributed by atoms with Crippen LogP contribution in [0.3, 0.4) is 0 Å². The Labute approximate surface area is 119 Å². The minimum Gasteiger partial charge on any atom is -0.389 e. The number of likely N-dealkylation sites (N-methyl/N-ethyl adjacent to an activating group) is 1. The fourth-order valence-electron chi connectivity index (χ4n) is 2.41. The number of benzene rings is 1. The van der Waals surface area contributed by atoms with E-state index < -0.39 is 0 Å². The van der Waals surface area contributed by atoms with Crippen LogP contribution in [0, 0.1) is 5.82 Å². The molecule has 0 atom stereocenters. The summed E-state index contributed by atoms with van der Waals surface area (Å²) in [5.41, 5.74) is 7.35. The molecule has 2 rings (SSSR count). The van der Waals surface area contributed by atoms with Crippen LogP contribution in [-0.2, 0) is 6.54 Å². The molecule has 104 valence electrons. The summed E-state index contributed by atoms with van der Waals surface area (Å²) in [5.74, 6) is -0.290. The Kier molecular flexibility index (Phi) is 4.85. The van der Waals surface area contributed by atoms with Gasteiger partial charge in [0.2, 0.25) is 0 Å². The van der Waals surface area contributed by atoms with Gasteiger partial charge in [-0.05, 0) is 44.3 Å². The van der Waals surface area contributed by atoms with E-state index in [4.69, 9.17) is 18.0 Å². The second-order valence-corrected chi connectivity index (χ2v) is 5.54. The molecule has 1 heterocycles. The van der Waals surface area contributed by atoms with Crippen molar-refractivity contribution in [1.29, 1.82) is 0 Å². The monoisotopic (exact) mass is 281 g/mol. The van der Waals surface area contributed by atoms with Gasteiger partial charge in [-0.2, -0.15) is 0 Å². The van der Waals surface area contributed by atoms with Gasteiger partial charge in [-0.1, -0.05) is 18.3 Å². The first-order valence-corrected chi connectivity index (χ1v) is 6.96. The van der Waals surface area contributed by atoms with E-state index in [0.29, 0.717) is 5.56 Å². The van der Waals surface area contributed by atoms with Crippen LogP contribution >= 0.6 is 12.2 Å². The molecule has 0 bridgehead atoms. The molecule has 1 saturated heterocycles. The van der Waals surface area contributed by atoms with Gasteiger partial charge in [0.15, 0.2) is 0 Å². The Morgan fingerprint density at radius 3 is 2.84 bits per heavy atom. The number of nitrogens with two attached hydrogens (primary N) is 1. The van der Waals surface area contributed by atoms with Crippen molar-refractivity contribution >= 4 is 17.2 Å². The quantitative estimate of drug-likeness (QED) is 0.853. The van der Waals surface area contributed by atoms with Crippen LogP contribution < -0.4 is 5.73 Å². The zero-order chi connectivity index (χ0) is 13.8. The zero-order valence-corrected chi connectivity index (χ0v) is 12.0. The van der Waals surface area contributed by atoms with Crippen molar-refractivity contribution < 1.29 is 4.39 Å². The Morgan fingerprint density at radius 2 is 2.11 bits per heavy atom. The minimum atomic E-state index is -0.290. The molecule has 19 heavy (non-hydrogen) atoms. The predicted molar refractivity (Wildman–Crippen MR) is 79.7 cm³/mol. The summed E-state index contributed by atoms with van der Waals surface area (Å²) in [6, 6.07) is 4.70. The molecule has 0 saturated carbocycles. The molecule has 1 aliphatic rings. The number of rotatable bonds is 3. The molecule has 0 radical (unpaired) electrons. The third-order valence-electron chi connectivity index (χ3n) is 3.54. The van der Waals surface area contributed by atoms with Crippen LogP contribution in [-0.4, -0.2) is 48.0 Å². The average molecular weight is 281 g/mol. The van der Waals surface area contributed by atoms with Gasteiger partial charge in [0.05, 0.1) is 0 Å². The van der Waals surface area contributed by atoms with E-state index in [1.807, 2.05) is 0 Å². The summed E-state index contributed by atoms with van der Waals surface area (Å²) in [6.45, 7) is 5.04. The number of hydrogen-bond acceptors (Lipinski definition) is 3. The second-order valence-electron chi connectivity index (χ2n) is 5.10. The minimum absolute atomic E-state index is 0.265. The molecule has 1 fully saturated rings. The molecular formula is C14H20FN3S. The van der Waals surface area contributed by atoms with Crippen LogP contribution in [0.1, 0.15) is 17.5 Å². The maximum atomic E-state index is 13.3. The first kappa shape index (κ1) is 14.4. The molecule has 2 N–H and O–H groups in total. The second kappa shape index (κ2) is 6.41. The highest BCUT2D eigenvalue weighted by molar-refractivity contribution is 7.80. The number of halogens is 1. The van der Waals surface area contributed by atoms with Gasteiger partial charge in [0.1, 0.15) is 10.8 Å². The molecule has 0 amide bonds. The average Bonchev–Trinajstić information content (AvgIpc) is 2.56. The summed E-state index contributed by atoms with van der Waals surface area (Å²) in [4.78, 5) is 4.97. The van der Waals surface area contributed by atoms with Crippen LogP contribution in [0.15, 0.2) is 18.2 Å². The van der Waals surface area contributed by atoms with E-state index in [9.17, 15) is 4.39 Å². The van der Waals surface area contributed by atoms with E-state index >= 15 is 0 Å². The molecule has 3 nitrogen and oxygen atoms in total. The number of thiocarbonyl (C=S) groups is 1. The third-order valence-corrected chi connectivity index (χ3v) is 3.76. The van der Waals surface area contributed by atoms with Gasteiger partial charge in [0, 0.05) is 25.2 Å². The molecule has 1 aliphatic heterocycles. The van der Waals surface area contributed by atoms with Gasteiger partial charge in [-0.15, -0.1) is 0 Å². The van der Waals surface area contributed by atoms with Crippen molar-refractivity contribution in [3.05, 3.63) is 35.1 Å². The molecule has 0 aliphatic carbocycles. The van der Waals surface area contributed by atoms with Gasteiger partial charge in [-0.3, -0.25) is 4.90 Å². The van der Waals surface area contributed by atoms with E-state index in [-0.39, 0.29) is 10.8 Å². The summed E-state index contributed by atoms with van der Waals surface area (Å²) < 4.78 is 13.3. The fourth-order valence-corrected chi connectivity index (χ4v) is 2.60. The molecule has 0 unspecified atom stereocenters.